The molecule has 1 saturated heterocycles. The van der Waals surface area contributed by atoms with Gasteiger partial charge >= 0.3 is 6.03 Å². The van der Waals surface area contributed by atoms with Crippen LogP contribution in [0, 0.1) is 6.92 Å². The van der Waals surface area contributed by atoms with Gasteiger partial charge in [0.1, 0.15) is 5.75 Å². The van der Waals surface area contributed by atoms with Crippen molar-refractivity contribution in [1.82, 2.24) is 14.8 Å². The Morgan fingerprint density at radius 3 is 2.59 bits per heavy atom. The van der Waals surface area contributed by atoms with Crippen molar-refractivity contribution in [2.45, 2.75) is 13.5 Å². The molecule has 2 amide bonds. The summed E-state index contributed by atoms with van der Waals surface area (Å²) < 4.78 is 5.35. The average Bonchev–Trinajstić information content (AvgIpc) is 3.27. The van der Waals surface area contributed by atoms with Gasteiger partial charge in [-0.1, -0.05) is 23.8 Å². The van der Waals surface area contributed by atoms with Crippen molar-refractivity contribution >= 4 is 34.0 Å². The Hall–Kier alpha value is -3.27. The molecule has 34 heavy (non-hydrogen) atoms. The Labute approximate surface area is 203 Å². The highest BCUT2D eigenvalue weighted by Gasteiger charge is 2.20. The van der Waals surface area contributed by atoms with E-state index in [1.807, 2.05) is 19.1 Å². The summed E-state index contributed by atoms with van der Waals surface area (Å²) in [7, 11) is 3.66. The molecule has 0 radical (unpaired) electrons. The molecule has 0 unspecified atom stereocenters. The van der Waals surface area contributed by atoms with Crippen molar-refractivity contribution in [1.29, 1.82) is 0 Å². The van der Waals surface area contributed by atoms with E-state index in [1.165, 1.54) is 18.4 Å². The number of hydrogen-bond donors (Lipinski definition) is 2. The van der Waals surface area contributed by atoms with Crippen LogP contribution in [-0.2, 0) is 6.54 Å². The lowest BCUT2D eigenvalue weighted by molar-refractivity contribution is 0.103. The fourth-order valence-corrected chi connectivity index (χ4v) is 4.70. The molecular weight excluding hydrogens is 450 g/mol. The molecule has 3 aromatic rings. The maximum Gasteiger partial charge on any atom is 0.325 e. The first kappa shape index (κ1) is 23.9. The SMILES string of the molecule is COc1ccccc1C(=O)c1cc(C)ccc1NC(=O)Nc1ncc(CN2CCN(C)CC2)s1. The normalized spacial score (nSPS) is 14.6. The zero-order valence-electron chi connectivity index (χ0n) is 19.6. The monoisotopic (exact) mass is 479 g/mol. The fraction of sp³-hybridized carbons (Fsp3) is 0.320. The zero-order chi connectivity index (χ0) is 24.1. The Balaban J connectivity index is 1.44. The number of carbonyl (C=O) groups is 2. The lowest BCUT2D eigenvalue weighted by Gasteiger charge is -2.31. The van der Waals surface area contributed by atoms with Crippen molar-refractivity contribution in [3.05, 3.63) is 70.2 Å². The number of rotatable bonds is 7. The summed E-state index contributed by atoms with van der Waals surface area (Å²) in [5, 5.41) is 6.12. The van der Waals surface area contributed by atoms with Gasteiger partial charge in [0.05, 0.1) is 18.4 Å². The van der Waals surface area contributed by atoms with Gasteiger partial charge in [0.15, 0.2) is 10.9 Å². The third-order valence-electron chi connectivity index (χ3n) is 5.77. The largest absolute Gasteiger partial charge is 0.496 e. The summed E-state index contributed by atoms with van der Waals surface area (Å²) in [6.07, 6.45) is 1.81. The third kappa shape index (κ3) is 5.80. The Morgan fingerprint density at radius 1 is 1.06 bits per heavy atom. The molecule has 0 saturated carbocycles. The number of aromatic nitrogens is 1. The van der Waals surface area contributed by atoms with Crippen molar-refractivity contribution < 1.29 is 14.3 Å². The molecule has 0 spiro atoms. The van der Waals surface area contributed by atoms with E-state index in [1.54, 1.807) is 36.5 Å². The number of para-hydroxylation sites is 1. The van der Waals surface area contributed by atoms with Gasteiger partial charge in [0.25, 0.3) is 0 Å². The van der Waals surface area contributed by atoms with Gasteiger partial charge in [-0.05, 0) is 38.2 Å². The predicted octanol–water partition coefficient (Wildman–Crippen LogP) is 4.08. The lowest BCUT2D eigenvalue weighted by atomic mass is 9.99. The van der Waals surface area contributed by atoms with Gasteiger partial charge in [-0.2, -0.15) is 0 Å². The molecule has 0 aliphatic carbocycles. The summed E-state index contributed by atoms with van der Waals surface area (Å²) in [6, 6.07) is 12.0. The molecule has 2 heterocycles. The molecule has 1 aliphatic rings. The van der Waals surface area contributed by atoms with Crippen molar-refractivity contribution in [2.24, 2.45) is 0 Å². The number of urea groups is 1. The fourth-order valence-electron chi connectivity index (χ4n) is 3.85. The number of anilines is 2. The maximum absolute atomic E-state index is 13.3. The minimum absolute atomic E-state index is 0.222. The molecule has 2 N–H and O–H groups in total. The summed E-state index contributed by atoms with van der Waals surface area (Å²) in [5.74, 6) is 0.264. The highest BCUT2D eigenvalue weighted by Crippen LogP contribution is 2.27. The second-order valence-corrected chi connectivity index (χ2v) is 9.48. The summed E-state index contributed by atoms with van der Waals surface area (Å²) in [5.41, 5.74) is 2.17. The predicted molar refractivity (Wildman–Crippen MR) is 135 cm³/mol. The highest BCUT2D eigenvalue weighted by molar-refractivity contribution is 7.15. The summed E-state index contributed by atoms with van der Waals surface area (Å²) in [4.78, 5) is 36.2. The number of nitrogens with one attached hydrogen (secondary N) is 2. The first-order valence-corrected chi connectivity index (χ1v) is 12.0. The number of aryl methyl sites for hydroxylation is 1. The molecule has 2 aromatic carbocycles. The lowest BCUT2D eigenvalue weighted by Crippen LogP contribution is -2.43. The van der Waals surface area contributed by atoms with Crippen LogP contribution < -0.4 is 15.4 Å². The third-order valence-corrected chi connectivity index (χ3v) is 6.67. The molecule has 8 nitrogen and oxygen atoms in total. The van der Waals surface area contributed by atoms with E-state index < -0.39 is 6.03 Å². The molecule has 1 aromatic heterocycles. The molecule has 4 rings (SSSR count). The smallest absolute Gasteiger partial charge is 0.325 e. The Morgan fingerprint density at radius 2 is 1.82 bits per heavy atom. The van der Waals surface area contributed by atoms with E-state index in [4.69, 9.17) is 4.74 Å². The second-order valence-electron chi connectivity index (χ2n) is 8.37. The van der Waals surface area contributed by atoms with Gasteiger partial charge < -0.3 is 15.0 Å². The van der Waals surface area contributed by atoms with Crippen LogP contribution in [-0.4, -0.2) is 66.9 Å². The van der Waals surface area contributed by atoms with Gasteiger partial charge in [-0.25, -0.2) is 9.78 Å². The zero-order valence-corrected chi connectivity index (χ0v) is 20.4. The van der Waals surface area contributed by atoms with Crippen LogP contribution in [0.2, 0.25) is 0 Å². The van der Waals surface area contributed by atoms with Crippen LogP contribution in [0.5, 0.6) is 5.75 Å². The van der Waals surface area contributed by atoms with E-state index in [2.05, 4.69) is 32.5 Å². The van der Waals surface area contributed by atoms with Crippen LogP contribution >= 0.6 is 11.3 Å². The molecular formula is C25H29N5O3S. The number of methoxy groups -OCH3 is 1. The van der Waals surface area contributed by atoms with Crippen LogP contribution in [0.25, 0.3) is 0 Å². The molecule has 0 atom stereocenters. The maximum atomic E-state index is 13.3. The minimum atomic E-state index is -0.446. The molecule has 0 bridgehead atoms. The van der Waals surface area contributed by atoms with Crippen LogP contribution in [0.3, 0.4) is 0 Å². The number of piperazine rings is 1. The molecule has 9 heteroatoms. The number of carbonyl (C=O) groups excluding carboxylic acids is 2. The van der Waals surface area contributed by atoms with E-state index in [9.17, 15) is 9.59 Å². The highest BCUT2D eigenvalue weighted by atomic mass is 32.1. The second kappa shape index (κ2) is 10.8. The summed E-state index contributed by atoms with van der Waals surface area (Å²) in [6.45, 7) is 6.88. The van der Waals surface area contributed by atoms with E-state index in [-0.39, 0.29) is 5.78 Å². The minimum Gasteiger partial charge on any atom is -0.496 e. The Kier molecular flexibility index (Phi) is 7.56. The van der Waals surface area contributed by atoms with Crippen LogP contribution in [0.15, 0.2) is 48.7 Å². The number of amides is 2. The van der Waals surface area contributed by atoms with E-state index >= 15 is 0 Å². The summed E-state index contributed by atoms with van der Waals surface area (Å²) >= 11 is 1.46. The number of nitrogens with zero attached hydrogens (tertiary/aromatic N) is 3. The topological polar surface area (TPSA) is 86.8 Å². The van der Waals surface area contributed by atoms with E-state index in [0.29, 0.717) is 27.7 Å². The molecule has 1 fully saturated rings. The van der Waals surface area contributed by atoms with Crippen LogP contribution in [0.4, 0.5) is 15.6 Å². The number of ether oxygens (including phenoxy) is 1. The van der Waals surface area contributed by atoms with Crippen molar-refractivity contribution in [2.75, 3.05) is 51.0 Å². The first-order valence-electron chi connectivity index (χ1n) is 11.1. The average molecular weight is 480 g/mol. The van der Waals surface area contributed by atoms with Gasteiger partial charge in [-0.15, -0.1) is 11.3 Å². The van der Waals surface area contributed by atoms with Crippen molar-refractivity contribution in [3.63, 3.8) is 0 Å². The number of thiazole rings is 1. The first-order chi connectivity index (χ1) is 16.4. The number of benzene rings is 2. The molecule has 178 valence electrons. The number of hydrogen-bond acceptors (Lipinski definition) is 7. The van der Waals surface area contributed by atoms with Gasteiger partial charge in [-0.3, -0.25) is 15.0 Å². The number of ketones is 1. The van der Waals surface area contributed by atoms with Gasteiger partial charge in [0.2, 0.25) is 0 Å². The molecule has 1 aliphatic heterocycles. The number of likely N-dealkylation sites (N-methyl/N-ethyl adjacent to an activating group) is 1. The van der Waals surface area contributed by atoms with Crippen LogP contribution in [0.1, 0.15) is 26.4 Å². The van der Waals surface area contributed by atoms with Gasteiger partial charge in [0, 0.05) is 49.4 Å². The van der Waals surface area contributed by atoms with Crippen molar-refractivity contribution in [3.8, 4) is 5.75 Å². The standard InChI is InChI=1S/C25H29N5O3S/c1-17-8-9-21(20(14-17)23(31)19-6-4-5-7-22(19)33-3)27-24(32)28-25-26-15-18(34-25)16-30-12-10-29(2)11-13-30/h4-9,14-15H,10-13,16H2,1-3H3,(H2,26,27,28,32). The quantitative estimate of drug-likeness (QED) is 0.497. The van der Waals surface area contributed by atoms with E-state index in [0.717, 1.165) is 43.2 Å². The Bertz CT molecular complexity index is 1170.